The zero-order chi connectivity index (χ0) is 12.5. The number of hydrazine groups is 1. The van der Waals surface area contributed by atoms with Crippen molar-refractivity contribution >= 4 is 37.3 Å². The normalized spacial score (nSPS) is 19.6. The van der Waals surface area contributed by atoms with Gasteiger partial charge in [0.1, 0.15) is 4.21 Å². The third-order valence-electron chi connectivity index (χ3n) is 2.57. The summed E-state index contributed by atoms with van der Waals surface area (Å²) < 4.78 is 25.2. The van der Waals surface area contributed by atoms with E-state index in [9.17, 15) is 8.42 Å². The molecule has 96 valence electrons. The van der Waals surface area contributed by atoms with Gasteiger partial charge in [-0.3, -0.25) is 0 Å². The molecule has 17 heavy (non-hydrogen) atoms. The maximum atomic E-state index is 12.0. The maximum Gasteiger partial charge on any atom is 0.262 e. The lowest BCUT2D eigenvalue weighted by Gasteiger charge is -2.31. The number of nitrogens with zero attached hydrogens (tertiary/aromatic N) is 2. The van der Waals surface area contributed by atoms with Crippen LogP contribution in [0.4, 0.5) is 0 Å². The van der Waals surface area contributed by atoms with Crippen LogP contribution in [0.2, 0.25) is 0 Å². The molecule has 0 spiro atoms. The van der Waals surface area contributed by atoms with E-state index in [-0.39, 0.29) is 0 Å². The zero-order valence-corrected chi connectivity index (χ0v) is 12.6. The average molecular weight is 340 g/mol. The number of hydrogen-bond donors (Lipinski definition) is 1. The fourth-order valence-electron chi connectivity index (χ4n) is 1.55. The molecule has 0 radical (unpaired) electrons. The third kappa shape index (κ3) is 3.49. The van der Waals surface area contributed by atoms with Crippen LogP contribution in [0, 0.1) is 0 Å². The zero-order valence-electron chi connectivity index (χ0n) is 9.39. The van der Waals surface area contributed by atoms with Crippen molar-refractivity contribution in [1.82, 2.24) is 14.7 Å². The predicted molar refractivity (Wildman–Crippen MR) is 71.4 cm³/mol. The Labute approximate surface area is 114 Å². The van der Waals surface area contributed by atoms with Gasteiger partial charge in [-0.05, 0) is 35.1 Å². The molecule has 8 heteroatoms. The first kappa shape index (κ1) is 13.4. The van der Waals surface area contributed by atoms with E-state index in [4.69, 9.17) is 0 Å². The summed E-state index contributed by atoms with van der Waals surface area (Å²) in [6.45, 7) is 3.16. The van der Waals surface area contributed by atoms with E-state index in [0.717, 1.165) is 16.9 Å². The van der Waals surface area contributed by atoms with Gasteiger partial charge in [0.05, 0.1) is 3.79 Å². The standard InChI is InChI=1S/C9H14BrN3O2S2/c1-12-4-6-13(7-5-12)11-17(14,15)9-3-2-8(10)16-9/h2-3,11H,4-7H2,1H3. The molecule has 2 rings (SSSR count). The Bertz CT molecular complexity index is 480. The van der Waals surface area contributed by atoms with Crippen LogP contribution in [0.25, 0.3) is 0 Å². The summed E-state index contributed by atoms with van der Waals surface area (Å²) in [5, 5.41) is 1.75. The highest BCUT2D eigenvalue weighted by atomic mass is 79.9. The Morgan fingerprint density at radius 2 is 1.94 bits per heavy atom. The van der Waals surface area contributed by atoms with E-state index in [1.165, 1.54) is 11.3 Å². The van der Waals surface area contributed by atoms with E-state index in [0.29, 0.717) is 17.3 Å². The molecule has 1 aliphatic rings. The van der Waals surface area contributed by atoms with Crippen molar-refractivity contribution < 1.29 is 8.42 Å². The monoisotopic (exact) mass is 339 g/mol. The van der Waals surface area contributed by atoms with Crippen LogP contribution in [0.15, 0.2) is 20.1 Å². The van der Waals surface area contributed by atoms with Crippen molar-refractivity contribution in [3.05, 3.63) is 15.9 Å². The largest absolute Gasteiger partial charge is 0.304 e. The second-order valence-electron chi connectivity index (χ2n) is 3.94. The van der Waals surface area contributed by atoms with Crippen LogP contribution in [-0.4, -0.2) is 51.6 Å². The van der Waals surface area contributed by atoms with Crippen molar-refractivity contribution in [3.63, 3.8) is 0 Å². The summed E-state index contributed by atoms with van der Waals surface area (Å²) in [5.41, 5.74) is 0. The predicted octanol–water partition coefficient (Wildman–Crippen LogP) is 0.951. The number of thiophene rings is 1. The lowest BCUT2D eigenvalue weighted by atomic mass is 10.4. The smallest absolute Gasteiger partial charge is 0.262 e. The van der Waals surface area contributed by atoms with Crippen LogP contribution in [0.3, 0.4) is 0 Å². The topological polar surface area (TPSA) is 52.6 Å². The summed E-state index contributed by atoms with van der Waals surface area (Å²) in [5.74, 6) is 0. The number of likely N-dealkylation sites (N-methyl/N-ethyl adjacent to an activating group) is 1. The number of piperazine rings is 1. The summed E-state index contributed by atoms with van der Waals surface area (Å²) in [6, 6.07) is 3.34. The minimum Gasteiger partial charge on any atom is -0.304 e. The summed E-state index contributed by atoms with van der Waals surface area (Å²) in [6.07, 6.45) is 0. The van der Waals surface area contributed by atoms with Gasteiger partial charge in [-0.2, -0.15) is 0 Å². The third-order valence-corrected chi connectivity index (χ3v) is 6.06. The van der Waals surface area contributed by atoms with E-state index in [1.807, 2.05) is 7.05 Å². The van der Waals surface area contributed by atoms with Crippen molar-refractivity contribution in [2.45, 2.75) is 4.21 Å². The fraction of sp³-hybridized carbons (Fsp3) is 0.556. The van der Waals surface area contributed by atoms with Gasteiger partial charge in [0, 0.05) is 26.2 Å². The molecule has 0 bridgehead atoms. The molecule has 0 aromatic carbocycles. The molecule has 1 aromatic rings. The SMILES string of the molecule is CN1CCN(NS(=O)(=O)c2ccc(Br)s2)CC1. The molecular weight excluding hydrogens is 326 g/mol. The second kappa shape index (κ2) is 5.33. The highest BCUT2D eigenvalue weighted by Gasteiger charge is 2.22. The Morgan fingerprint density at radius 3 is 2.47 bits per heavy atom. The first-order valence-corrected chi connectivity index (χ1v) is 8.28. The number of rotatable bonds is 3. The van der Waals surface area contributed by atoms with E-state index in [1.54, 1.807) is 17.1 Å². The first-order valence-electron chi connectivity index (χ1n) is 5.19. The van der Waals surface area contributed by atoms with Crippen molar-refractivity contribution in [2.24, 2.45) is 0 Å². The van der Waals surface area contributed by atoms with Gasteiger partial charge < -0.3 is 4.90 Å². The van der Waals surface area contributed by atoms with Crippen molar-refractivity contribution in [1.29, 1.82) is 0 Å². The Balaban J connectivity index is 2.03. The molecule has 0 unspecified atom stereocenters. The molecular formula is C9H14BrN3O2S2. The van der Waals surface area contributed by atoms with Gasteiger partial charge in [-0.1, -0.05) is 0 Å². The molecule has 2 heterocycles. The Kier molecular flexibility index (Phi) is 4.22. The molecule has 1 aromatic heterocycles. The van der Waals surface area contributed by atoms with Gasteiger partial charge in [0.25, 0.3) is 10.0 Å². The average Bonchev–Trinajstić information content (AvgIpc) is 2.69. The molecule has 1 fully saturated rings. The molecule has 1 saturated heterocycles. The Hall–Kier alpha value is 0.01000. The molecule has 1 aliphatic heterocycles. The highest BCUT2D eigenvalue weighted by Crippen LogP contribution is 2.25. The molecule has 0 aliphatic carbocycles. The first-order chi connectivity index (χ1) is 7.97. The lowest BCUT2D eigenvalue weighted by Crippen LogP contribution is -2.52. The minimum absolute atomic E-state index is 0.336. The van der Waals surface area contributed by atoms with Crippen molar-refractivity contribution in [3.8, 4) is 0 Å². The number of sulfonamides is 1. The number of halogens is 1. The molecule has 0 amide bonds. The van der Waals surface area contributed by atoms with Gasteiger partial charge >= 0.3 is 0 Å². The van der Waals surface area contributed by atoms with Gasteiger partial charge in [-0.15, -0.1) is 16.2 Å². The van der Waals surface area contributed by atoms with E-state index in [2.05, 4.69) is 25.7 Å². The van der Waals surface area contributed by atoms with E-state index < -0.39 is 10.0 Å². The van der Waals surface area contributed by atoms with Crippen molar-refractivity contribution in [2.75, 3.05) is 33.2 Å². The van der Waals surface area contributed by atoms with Crippen LogP contribution >= 0.6 is 27.3 Å². The maximum absolute atomic E-state index is 12.0. The number of hydrogen-bond acceptors (Lipinski definition) is 5. The minimum atomic E-state index is -3.41. The molecule has 5 nitrogen and oxygen atoms in total. The molecule has 1 N–H and O–H groups in total. The van der Waals surface area contributed by atoms with E-state index >= 15 is 0 Å². The van der Waals surface area contributed by atoms with Gasteiger partial charge in [0.15, 0.2) is 0 Å². The molecule has 0 atom stereocenters. The number of nitrogens with one attached hydrogen (secondary N) is 1. The Morgan fingerprint density at radius 1 is 1.29 bits per heavy atom. The fourth-order valence-corrected chi connectivity index (χ4v) is 4.68. The van der Waals surface area contributed by atoms with Gasteiger partial charge in [-0.25, -0.2) is 13.4 Å². The van der Waals surface area contributed by atoms with Crippen LogP contribution < -0.4 is 4.83 Å². The van der Waals surface area contributed by atoms with Gasteiger partial charge in [0.2, 0.25) is 0 Å². The second-order valence-corrected chi connectivity index (χ2v) is 8.29. The summed E-state index contributed by atoms with van der Waals surface area (Å²) >= 11 is 4.48. The molecule has 0 saturated carbocycles. The van der Waals surface area contributed by atoms with Crippen LogP contribution in [0.5, 0.6) is 0 Å². The highest BCUT2D eigenvalue weighted by molar-refractivity contribution is 9.11. The summed E-state index contributed by atoms with van der Waals surface area (Å²) in [4.78, 5) is 4.79. The van der Waals surface area contributed by atoms with Crippen LogP contribution in [0.1, 0.15) is 0 Å². The quantitative estimate of drug-likeness (QED) is 0.890. The lowest BCUT2D eigenvalue weighted by molar-refractivity contribution is 0.135. The summed E-state index contributed by atoms with van der Waals surface area (Å²) in [7, 11) is -1.38. The van der Waals surface area contributed by atoms with Crippen LogP contribution in [-0.2, 0) is 10.0 Å².